The van der Waals surface area contributed by atoms with Crippen LogP contribution in [0.1, 0.15) is 10.4 Å². The maximum atomic E-state index is 12.7. The highest BCUT2D eigenvalue weighted by Crippen LogP contribution is 2.30. The van der Waals surface area contributed by atoms with Gasteiger partial charge in [-0.3, -0.25) is 4.79 Å². The Morgan fingerprint density at radius 1 is 0.757 bits per heavy atom. The predicted molar refractivity (Wildman–Crippen MR) is 125 cm³/mol. The van der Waals surface area contributed by atoms with Gasteiger partial charge in [-0.25, -0.2) is 0 Å². The Morgan fingerprint density at radius 2 is 1.35 bits per heavy atom. The fourth-order valence-electron chi connectivity index (χ4n) is 4.30. The lowest BCUT2D eigenvalue weighted by atomic mass is 9.94. The zero-order chi connectivity index (χ0) is 26.5. The van der Waals surface area contributed by atoms with E-state index < -0.39 is 80.5 Å². The van der Waals surface area contributed by atoms with Gasteiger partial charge in [0, 0.05) is 5.56 Å². The normalized spacial score (nSPS) is 36.1. The van der Waals surface area contributed by atoms with Gasteiger partial charge in [-0.2, -0.15) is 0 Å². The van der Waals surface area contributed by atoms with Crippen molar-refractivity contribution in [3.05, 3.63) is 66.2 Å². The minimum atomic E-state index is -1.66. The molecule has 7 N–H and O–H groups in total. The number of aliphatic hydroxyl groups is 6. The van der Waals surface area contributed by atoms with E-state index in [1.54, 1.807) is 60.7 Å². The highest BCUT2D eigenvalue weighted by molar-refractivity contribution is 5.94. The molecule has 0 spiro atoms. The van der Waals surface area contributed by atoms with Gasteiger partial charge >= 0.3 is 0 Å². The summed E-state index contributed by atoms with van der Waals surface area (Å²) >= 11 is 0. The highest BCUT2D eigenvalue weighted by atomic mass is 16.7. The first kappa shape index (κ1) is 27.4. The third-order valence-corrected chi connectivity index (χ3v) is 6.33. The van der Waals surface area contributed by atoms with Gasteiger partial charge in [0.25, 0.3) is 5.91 Å². The third kappa shape index (κ3) is 6.09. The molecule has 2 aromatic carbocycles. The Labute approximate surface area is 212 Å². The molecule has 37 heavy (non-hydrogen) atoms. The van der Waals surface area contributed by atoms with Crippen molar-refractivity contribution < 1.29 is 54.4 Å². The van der Waals surface area contributed by atoms with Gasteiger partial charge in [-0.1, -0.05) is 36.4 Å². The second kappa shape index (κ2) is 12.3. The molecule has 10 atom stereocenters. The van der Waals surface area contributed by atoms with E-state index in [9.17, 15) is 35.4 Å². The zero-order valence-corrected chi connectivity index (χ0v) is 19.7. The molecule has 2 aromatic rings. The van der Waals surface area contributed by atoms with E-state index in [2.05, 4.69) is 5.32 Å². The number of hydrogen-bond donors (Lipinski definition) is 7. The Morgan fingerprint density at radius 3 is 1.97 bits per heavy atom. The molecule has 4 rings (SSSR count). The number of carbonyl (C=O) groups excluding carboxylic acids is 1. The van der Waals surface area contributed by atoms with Gasteiger partial charge < -0.3 is 54.9 Å². The Balaban J connectivity index is 1.48. The molecule has 202 valence electrons. The van der Waals surface area contributed by atoms with Gasteiger partial charge in [0.05, 0.1) is 19.3 Å². The van der Waals surface area contributed by atoms with Crippen molar-refractivity contribution >= 4 is 5.91 Å². The summed E-state index contributed by atoms with van der Waals surface area (Å²) in [4.78, 5) is 12.7. The summed E-state index contributed by atoms with van der Waals surface area (Å²) < 4.78 is 22.4. The first-order valence-corrected chi connectivity index (χ1v) is 11.8. The first-order valence-electron chi connectivity index (χ1n) is 11.8. The number of benzene rings is 2. The third-order valence-electron chi connectivity index (χ3n) is 6.33. The number of hydrogen-bond acceptors (Lipinski definition) is 11. The van der Waals surface area contributed by atoms with Crippen molar-refractivity contribution in [1.82, 2.24) is 5.32 Å². The molecule has 2 aliphatic rings. The van der Waals surface area contributed by atoms with Crippen LogP contribution in [0.15, 0.2) is 60.7 Å². The van der Waals surface area contributed by atoms with Crippen LogP contribution < -0.4 is 10.1 Å². The minimum Gasteiger partial charge on any atom is -0.462 e. The largest absolute Gasteiger partial charge is 0.462 e. The van der Waals surface area contributed by atoms with Gasteiger partial charge in [-0.15, -0.1) is 0 Å². The number of ether oxygens (including phenoxy) is 4. The standard InChI is InChI=1S/C25H31NO11/c27-11-15-18(29)17(26-23(33)13-7-3-1-4-8-13)19(30)24(35-15)37-22-16(12-28)36-25(21(32)20(22)31)34-14-9-5-2-6-10-14/h1-10,15-22,24-25,27-32H,11-12H2,(H,26,33)/t15-,16-,17+,18+,19-,20-,21-,22-,24+,25-/m1/s1. The lowest BCUT2D eigenvalue weighted by molar-refractivity contribution is -0.343. The summed E-state index contributed by atoms with van der Waals surface area (Å²) in [5.41, 5.74) is 0.274. The molecule has 0 saturated carbocycles. The molecule has 0 aromatic heterocycles. The molecule has 0 radical (unpaired) electrons. The van der Waals surface area contributed by atoms with E-state index >= 15 is 0 Å². The van der Waals surface area contributed by atoms with Crippen LogP contribution in [-0.4, -0.2) is 111 Å². The number of rotatable bonds is 8. The van der Waals surface area contributed by atoms with Crippen molar-refractivity contribution in [3.63, 3.8) is 0 Å². The summed E-state index contributed by atoms with van der Waals surface area (Å²) in [7, 11) is 0. The van der Waals surface area contributed by atoms with Crippen LogP contribution in [0.25, 0.3) is 0 Å². The molecular weight excluding hydrogens is 490 g/mol. The maximum absolute atomic E-state index is 12.7. The summed E-state index contributed by atoms with van der Waals surface area (Å²) in [6, 6.07) is 15.2. The monoisotopic (exact) mass is 521 g/mol. The summed E-state index contributed by atoms with van der Waals surface area (Å²) in [6.07, 6.45) is -13.2. The molecule has 2 fully saturated rings. The van der Waals surface area contributed by atoms with Crippen LogP contribution in [0.2, 0.25) is 0 Å². The molecule has 12 heteroatoms. The number of amides is 1. The van der Waals surface area contributed by atoms with Crippen LogP contribution in [0.3, 0.4) is 0 Å². The van der Waals surface area contributed by atoms with Crippen LogP contribution in [0.5, 0.6) is 5.75 Å². The Bertz CT molecular complexity index is 995. The van der Waals surface area contributed by atoms with E-state index in [0.717, 1.165) is 0 Å². The quantitative estimate of drug-likeness (QED) is 0.206. The second-order valence-electron chi connectivity index (χ2n) is 8.81. The van der Waals surface area contributed by atoms with E-state index in [0.29, 0.717) is 5.75 Å². The van der Waals surface area contributed by atoms with Crippen molar-refractivity contribution in [2.75, 3.05) is 13.2 Å². The Kier molecular flexibility index (Phi) is 9.08. The van der Waals surface area contributed by atoms with Gasteiger partial charge in [0.15, 0.2) is 6.29 Å². The minimum absolute atomic E-state index is 0.274. The Hall–Kier alpha value is -2.65. The van der Waals surface area contributed by atoms with Gasteiger partial charge in [0.1, 0.15) is 48.5 Å². The van der Waals surface area contributed by atoms with Crippen LogP contribution in [0.4, 0.5) is 0 Å². The van der Waals surface area contributed by atoms with Crippen molar-refractivity contribution in [3.8, 4) is 5.75 Å². The van der Waals surface area contributed by atoms with E-state index in [1.807, 2.05) is 0 Å². The van der Waals surface area contributed by atoms with Crippen LogP contribution >= 0.6 is 0 Å². The SMILES string of the molecule is O=C(N[C@H]1[C@@H](O)[C@@H](CO)O[C@@H](O[C@H]2[C@H](O)[C@@H](O)[C@H](Oc3ccccc3)O[C@@H]2CO)[C@@H]1O)c1ccccc1. The lowest BCUT2D eigenvalue weighted by Crippen LogP contribution is -2.67. The van der Waals surface area contributed by atoms with Crippen molar-refractivity contribution in [2.45, 2.75) is 61.3 Å². The van der Waals surface area contributed by atoms with Crippen LogP contribution in [0, 0.1) is 0 Å². The number of para-hydroxylation sites is 1. The van der Waals surface area contributed by atoms with Gasteiger partial charge in [0.2, 0.25) is 6.29 Å². The molecule has 1 amide bonds. The fraction of sp³-hybridized carbons (Fsp3) is 0.480. The summed E-state index contributed by atoms with van der Waals surface area (Å²) in [6.45, 7) is -1.32. The predicted octanol–water partition coefficient (Wildman–Crippen LogP) is -1.87. The maximum Gasteiger partial charge on any atom is 0.251 e. The average molecular weight is 522 g/mol. The molecule has 2 saturated heterocycles. The topological polar surface area (TPSA) is 187 Å². The zero-order valence-electron chi connectivity index (χ0n) is 19.7. The first-order chi connectivity index (χ1) is 17.8. The van der Waals surface area contributed by atoms with Gasteiger partial charge in [-0.05, 0) is 24.3 Å². The lowest BCUT2D eigenvalue weighted by Gasteiger charge is -2.46. The van der Waals surface area contributed by atoms with Crippen molar-refractivity contribution in [1.29, 1.82) is 0 Å². The molecule has 2 aliphatic heterocycles. The van der Waals surface area contributed by atoms with Crippen molar-refractivity contribution in [2.24, 2.45) is 0 Å². The molecule has 0 aliphatic carbocycles. The molecule has 0 unspecified atom stereocenters. The fourth-order valence-corrected chi connectivity index (χ4v) is 4.30. The highest BCUT2D eigenvalue weighted by Gasteiger charge is 2.51. The molecule has 0 bridgehead atoms. The second-order valence-corrected chi connectivity index (χ2v) is 8.81. The average Bonchev–Trinajstić information content (AvgIpc) is 2.92. The summed E-state index contributed by atoms with van der Waals surface area (Å²) in [5.74, 6) is -0.232. The van der Waals surface area contributed by atoms with E-state index in [4.69, 9.17) is 18.9 Å². The molecule has 12 nitrogen and oxygen atoms in total. The van der Waals surface area contributed by atoms with Crippen LogP contribution in [-0.2, 0) is 14.2 Å². The number of aliphatic hydroxyl groups excluding tert-OH is 6. The molecular formula is C25H31NO11. The smallest absolute Gasteiger partial charge is 0.251 e. The van der Waals surface area contributed by atoms with E-state index in [-0.39, 0.29) is 5.56 Å². The summed E-state index contributed by atoms with van der Waals surface area (Å²) in [5, 5.41) is 65.0. The number of nitrogens with one attached hydrogen (secondary N) is 1. The number of carbonyl (C=O) groups is 1. The van der Waals surface area contributed by atoms with E-state index in [1.165, 1.54) is 0 Å². The molecule has 2 heterocycles.